The Balaban J connectivity index is 2.14. The fraction of sp³-hybridized carbons (Fsp3) is 0.231. The van der Waals surface area contributed by atoms with E-state index in [9.17, 15) is 4.79 Å². The van der Waals surface area contributed by atoms with Crippen LogP contribution >= 0.6 is 11.8 Å². The lowest BCUT2D eigenvalue weighted by molar-refractivity contribution is 0.947. The highest BCUT2D eigenvalue weighted by molar-refractivity contribution is 7.98. The van der Waals surface area contributed by atoms with E-state index < -0.39 is 0 Å². The first-order valence-electron chi connectivity index (χ1n) is 5.60. The zero-order valence-corrected chi connectivity index (χ0v) is 10.1. The van der Waals surface area contributed by atoms with E-state index in [2.05, 4.69) is 9.97 Å². The molecule has 2 aromatic rings. The highest BCUT2D eigenvalue weighted by Crippen LogP contribution is 2.22. The Labute approximate surface area is 103 Å². The molecule has 0 spiro atoms. The van der Waals surface area contributed by atoms with Gasteiger partial charge in [0.1, 0.15) is 5.82 Å². The molecule has 17 heavy (non-hydrogen) atoms. The van der Waals surface area contributed by atoms with Crippen molar-refractivity contribution in [2.45, 2.75) is 12.2 Å². The first-order chi connectivity index (χ1) is 8.34. The van der Waals surface area contributed by atoms with Crippen LogP contribution in [0.25, 0.3) is 11.4 Å². The minimum absolute atomic E-state index is 0.0224. The summed E-state index contributed by atoms with van der Waals surface area (Å²) in [4.78, 5) is 19.4. The fourth-order valence-corrected chi connectivity index (χ4v) is 2.92. The molecule has 0 saturated heterocycles. The lowest BCUT2D eigenvalue weighted by atomic mass is 10.1. The number of aromatic nitrogens is 2. The summed E-state index contributed by atoms with van der Waals surface area (Å²) in [5, 5.41) is 0. The minimum Gasteiger partial charge on any atom is -0.306 e. The lowest BCUT2D eigenvalue weighted by Gasteiger charge is -2.14. The van der Waals surface area contributed by atoms with E-state index in [1.54, 1.807) is 0 Å². The molecule has 0 amide bonds. The van der Waals surface area contributed by atoms with Gasteiger partial charge in [0.15, 0.2) is 0 Å². The van der Waals surface area contributed by atoms with Crippen molar-refractivity contribution in [3.63, 3.8) is 0 Å². The van der Waals surface area contributed by atoms with E-state index in [4.69, 9.17) is 0 Å². The second kappa shape index (κ2) is 4.37. The van der Waals surface area contributed by atoms with Gasteiger partial charge in [-0.2, -0.15) is 11.8 Å². The molecule has 0 radical (unpaired) electrons. The molecule has 0 atom stereocenters. The largest absolute Gasteiger partial charge is 0.306 e. The summed E-state index contributed by atoms with van der Waals surface area (Å²) in [5.41, 5.74) is 2.80. The number of aromatic amines is 1. The summed E-state index contributed by atoms with van der Waals surface area (Å²) < 4.78 is 0. The average Bonchev–Trinajstić information content (AvgIpc) is 2.40. The molecule has 0 fully saturated rings. The maximum Gasteiger partial charge on any atom is 0.254 e. The van der Waals surface area contributed by atoms with Gasteiger partial charge in [-0.25, -0.2) is 4.98 Å². The Hall–Kier alpha value is -1.55. The Bertz CT molecular complexity index is 592. The summed E-state index contributed by atoms with van der Waals surface area (Å²) in [7, 11) is 0. The summed E-state index contributed by atoms with van der Waals surface area (Å²) >= 11 is 1.83. The quantitative estimate of drug-likeness (QED) is 0.836. The van der Waals surface area contributed by atoms with Crippen LogP contribution in [0.2, 0.25) is 0 Å². The molecule has 0 unspecified atom stereocenters. The third-order valence-electron chi connectivity index (χ3n) is 2.88. The van der Waals surface area contributed by atoms with Crippen LogP contribution in [0.1, 0.15) is 11.3 Å². The van der Waals surface area contributed by atoms with E-state index in [0.29, 0.717) is 5.82 Å². The molecule has 1 aliphatic heterocycles. The van der Waals surface area contributed by atoms with Gasteiger partial charge in [0.05, 0.1) is 5.69 Å². The third-order valence-corrected chi connectivity index (χ3v) is 3.85. The molecule has 86 valence electrons. The van der Waals surface area contributed by atoms with Gasteiger partial charge in [0.2, 0.25) is 0 Å². The predicted octanol–water partition coefficient (Wildman–Crippen LogP) is 2.23. The molecule has 4 heteroatoms. The molecule has 1 aromatic heterocycles. The predicted molar refractivity (Wildman–Crippen MR) is 70.2 cm³/mol. The van der Waals surface area contributed by atoms with Crippen LogP contribution in [-0.2, 0) is 12.2 Å². The number of hydrogen-bond acceptors (Lipinski definition) is 3. The second-order valence-electron chi connectivity index (χ2n) is 4.01. The molecular formula is C13H12N2OS. The van der Waals surface area contributed by atoms with Crippen LogP contribution < -0.4 is 5.56 Å². The number of thioether (sulfide) groups is 1. The zero-order chi connectivity index (χ0) is 11.7. The van der Waals surface area contributed by atoms with Gasteiger partial charge in [0.25, 0.3) is 5.56 Å². The first kappa shape index (κ1) is 10.6. The van der Waals surface area contributed by atoms with Gasteiger partial charge in [-0.15, -0.1) is 0 Å². The summed E-state index contributed by atoms with van der Waals surface area (Å²) in [6.07, 6.45) is 0.831. The van der Waals surface area contributed by atoms with E-state index in [-0.39, 0.29) is 5.56 Å². The number of benzene rings is 1. The van der Waals surface area contributed by atoms with Crippen molar-refractivity contribution in [2.75, 3.05) is 5.75 Å². The molecule has 1 aliphatic rings. The van der Waals surface area contributed by atoms with E-state index in [0.717, 1.165) is 34.7 Å². The summed E-state index contributed by atoms with van der Waals surface area (Å²) in [5.74, 6) is 2.54. The van der Waals surface area contributed by atoms with E-state index in [1.165, 1.54) is 0 Å². The normalized spacial score (nSPS) is 14.4. The van der Waals surface area contributed by atoms with Crippen LogP contribution in [0.4, 0.5) is 0 Å². The topological polar surface area (TPSA) is 45.8 Å². The molecule has 2 heterocycles. The first-order valence-corrected chi connectivity index (χ1v) is 6.75. The molecule has 1 N–H and O–H groups in total. The molecule has 3 rings (SSSR count). The number of hydrogen-bond donors (Lipinski definition) is 1. The summed E-state index contributed by atoms with van der Waals surface area (Å²) in [6, 6.07) is 9.77. The third kappa shape index (κ3) is 2.00. The van der Waals surface area contributed by atoms with E-state index >= 15 is 0 Å². The Morgan fingerprint density at radius 3 is 2.88 bits per heavy atom. The number of H-pyrrole nitrogens is 1. The minimum atomic E-state index is 0.0224. The van der Waals surface area contributed by atoms with Crippen molar-refractivity contribution >= 4 is 11.8 Å². The van der Waals surface area contributed by atoms with Gasteiger partial charge >= 0.3 is 0 Å². The summed E-state index contributed by atoms with van der Waals surface area (Å²) in [6.45, 7) is 0. The van der Waals surface area contributed by atoms with Crippen LogP contribution in [0.3, 0.4) is 0 Å². The van der Waals surface area contributed by atoms with Crippen molar-refractivity contribution in [1.29, 1.82) is 0 Å². The maximum atomic E-state index is 12.0. The molecule has 0 saturated carbocycles. The number of nitrogens with zero attached hydrogens (tertiary/aromatic N) is 1. The van der Waals surface area contributed by atoms with Crippen LogP contribution in [-0.4, -0.2) is 15.7 Å². The fourth-order valence-electron chi connectivity index (χ4n) is 2.00. The Morgan fingerprint density at radius 2 is 2.06 bits per heavy atom. The maximum absolute atomic E-state index is 12.0. The van der Waals surface area contributed by atoms with Crippen molar-refractivity contribution in [3.8, 4) is 11.4 Å². The zero-order valence-electron chi connectivity index (χ0n) is 9.27. The molecule has 1 aromatic carbocycles. The second-order valence-corrected chi connectivity index (χ2v) is 5.11. The molecular weight excluding hydrogens is 232 g/mol. The highest BCUT2D eigenvalue weighted by Gasteiger charge is 2.16. The molecule has 0 bridgehead atoms. The molecule has 3 nitrogen and oxygen atoms in total. The smallest absolute Gasteiger partial charge is 0.254 e. The van der Waals surface area contributed by atoms with Gasteiger partial charge in [0, 0.05) is 16.9 Å². The highest BCUT2D eigenvalue weighted by atomic mass is 32.2. The Kier molecular flexibility index (Phi) is 2.73. The molecule has 0 aliphatic carbocycles. The van der Waals surface area contributed by atoms with Gasteiger partial charge < -0.3 is 4.98 Å². The van der Waals surface area contributed by atoms with E-state index in [1.807, 2.05) is 42.1 Å². The lowest BCUT2D eigenvalue weighted by Crippen LogP contribution is -2.21. The monoisotopic (exact) mass is 244 g/mol. The van der Waals surface area contributed by atoms with Crippen LogP contribution in [0.15, 0.2) is 35.1 Å². The van der Waals surface area contributed by atoms with Crippen molar-refractivity contribution < 1.29 is 0 Å². The van der Waals surface area contributed by atoms with Crippen LogP contribution in [0.5, 0.6) is 0 Å². The van der Waals surface area contributed by atoms with Crippen LogP contribution in [0, 0.1) is 0 Å². The Morgan fingerprint density at radius 1 is 1.24 bits per heavy atom. The van der Waals surface area contributed by atoms with Gasteiger partial charge in [-0.05, 0) is 12.2 Å². The van der Waals surface area contributed by atoms with Crippen molar-refractivity contribution in [1.82, 2.24) is 9.97 Å². The number of nitrogens with one attached hydrogen (secondary N) is 1. The van der Waals surface area contributed by atoms with Crippen molar-refractivity contribution in [3.05, 3.63) is 51.9 Å². The SMILES string of the molecule is O=c1[nH]c(-c2ccccc2)nc2c1CCSC2. The average molecular weight is 244 g/mol. The number of fused-ring (bicyclic) bond motifs is 1. The number of rotatable bonds is 1. The van der Waals surface area contributed by atoms with Gasteiger partial charge in [-0.1, -0.05) is 30.3 Å². The van der Waals surface area contributed by atoms with Crippen molar-refractivity contribution in [2.24, 2.45) is 0 Å². The van der Waals surface area contributed by atoms with Gasteiger partial charge in [-0.3, -0.25) is 4.79 Å². The standard InChI is InChI=1S/C13H12N2OS/c16-13-10-6-7-17-8-11(10)14-12(15-13)9-4-2-1-3-5-9/h1-5H,6-8H2,(H,14,15,16).